The first-order valence-electron chi connectivity index (χ1n) is 8.72. The van der Waals surface area contributed by atoms with Crippen molar-refractivity contribution >= 4 is 5.78 Å². The number of nitrogens with zero attached hydrogens (tertiary/aromatic N) is 1. The van der Waals surface area contributed by atoms with Crippen LogP contribution in [0.3, 0.4) is 0 Å². The molecule has 3 nitrogen and oxygen atoms in total. The molecule has 2 aliphatic rings. The number of allylic oxidation sites excluding steroid dienone is 2. The summed E-state index contributed by atoms with van der Waals surface area (Å²) in [5.74, 6) is 0.389. The molecule has 0 atom stereocenters. The predicted molar refractivity (Wildman–Crippen MR) is 88.8 cm³/mol. The SMILES string of the molecule is CCCC1(CCC)C2=C(Cc3[nH]ncc31)CC(C)(C)CC2=O. The third-order valence-corrected chi connectivity index (χ3v) is 5.42. The zero-order valence-corrected chi connectivity index (χ0v) is 14.4. The van der Waals surface area contributed by atoms with E-state index in [4.69, 9.17) is 0 Å². The zero-order valence-electron chi connectivity index (χ0n) is 14.4. The predicted octanol–water partition coefficient (Wildman–Crippen LogP) is 4.49. The van der Waals surface area contributed by atoms with Crippen LogP contribution in [0.4, 0.5) is 0 Å². The Hall–Kier alpha value is -1.38. The summed E-state index contributed by atoms with van der Waals surface area (Å²) in [5, 5.41) is 7.53. The number of fused-ring (bicyclic) bond motifs is 1. The van der Waals surface area contributed by atoms with Gasteiger partial charge in [0.25, 0.3) is 0 Å². The van der Waals surface area contributed by atoms with Crippen LogP contribution in [-0.4, -0.2) is 16.0 Å². The second-order valence-electron chi connectivity index (χ2n) is 7.94. The molecule has 0 spiro atoms. The van der Waals surface area contributed by atoms with Gasteiger partial charge in [-0.15, -0.1) is 0 Å². The molecule has 1 heterocycles. The maximum atomic E-state index is 13.1. The minimum absolute atomic E-state index is 0.0903. The zero-order chi connectivity index (χ0) is 16.0. The lowest BCUT2D eigenvalue weighted by atomic mass is 9.57. The van der Waals surface area contributed by atoms with Crippen LogP contribution < -0.4 is 0 Å². The van der Waals surface area contributed by atoms with Crippen LogP contribution in [0.15, 0.2) is 17.3 Å². The highest BCUT2D eigenvalue weighted by Gasteiger charge is 2.48. The van der Waals surface area contributed by atoms with Crippen LogP contribution in [0.2, 0.25) is 0 Å². The summed E-state index contributed by atoms with van der Waals surface area (Å²) in [6.07, 6.45) is 8.90. The Morgan fingerprint density at radius 1 is 1.18 bits per heavy atom. The third kappa shape index (κ3) is 2.26. The first-order valence-corrected chi connectivity index (χ1v) is 8.72. The molecule has 2 aliphatic carbocycles. The average molecular weight is 300 g/mol. The van der Waals surface area contributed by atoms with Crippen LogP contribution in [0.1, 0.15) is 77.5 Å². The average Bonchev–Trinajstić information content (AvgIpc) is 2.86. The molecule has 120 valence electrons. The molecule has 1 aromatic heterocycles. The van der Waals surface area contributed by atoms with Crippen molar-refractivity contribution in [1.29, 1.82) is 0 Å². The standard InChI is InChI=1S/C19H28N2O/c1-5-7-19(8-6-2)14-12-20-21-15(14)9-13-10-18(3,4)11-16(22)17(13)19/h12H,5-11H2,1-4H3,(H,20,21). The first-order chi connectivity index (χ1) is 10.4. The number of H-pyrrole nitrogens is 1. The van der Waals surface area contributed by atoms with Gasteiger partial charge in [0.15, 0.2) is 5.78 Å². The van der Waals surface area contributed by atoms with Crippen molar-refractivity contribution in [2.75, 3.05) is 0 Å². The van der Waals surface area contributed by atoms with E-state index < -0.39 is 0 Å². The highest BCUT2D eigenvalue weighted by atomic mass is 16.1. The molecule has 0 fully saturated rings. The van der Waals surface area contributed by atoms with Gasteiger partial charge in [0.2, 0.25) is 0 Å². The number of hydrogen-bond acceptors (Lipinski definition) is 2. The minimum Gasteiger partial charge on any atom is -0.294 e. The van der Waals surface area contributed by atoms with Crippen molar-refractivity contribution in [3.05, 3.63) is 28.6 Å². The van der Waals surface area contributed by atoms with Crippen molar-refractivity contribution in [1.82, 2.24) is 10.2 Å². The maximum absolute atomic E-state index is 13.1. The molecule has 0 unspecified atom stereocenters. The lowest BCUT2D eigenvalue weighted by Crippen LogP contribution is -2.41. The molecule has 0 saturated heterocycles. The highest BCUT2D eigenvalue weighted by Crippen LogP contribution is 2.52. The Labute approximate surface area is 133 Å². The largest absolute Gasteiger partial charge is 0.294 e. The van der Waals surface area contributed by atoms with Crippen LogP contribution in [-0.2, 0) is 16.6 Å². The minimum atomic E-state index is -0.0903. The summed E-state index contributed by atoms with van der Waals surface area (Å²) in [6, 6.07) is 0. The molecule has 0 amide bonds. The molecule has 0 aliphatic heterocycles. The van der Waals surface area contributed by atoms with E-state index in [1.54, 1.807) is 0 Å². The number of Topliss-reactive ketones (excluding diaryl/α,β-unsaturated/α-hetero) is 1. The van der Waals surface area contributed by atoms with Crippen LogP contribution in [0, 0.1) is 5.41 Å². The van der Waals surface area contributed by atoms with Gasteiger partial charge in [-0.3, -0.25) is 9.89 Å². The normalized spacial score (nSPS) is 22.5. The molecule has 0 aromatic carbocycles. The molecule has 22 heavy (non-hydrogen) atoms. The Bertz CT molecular complexity index is 615. The molecule has 3 rings (SSSR count). The molecule has 1 N–H and O–H groups in total. The van der Waals surface area contributed by atoms with E-state index in [2.05, 4.69) is 37.9 Å². The number of nitrogens with one attached hydrogen (secondary N) is 1. The molecular weight excluding hydrogens is 272 g/mol. The number of aromatic amines is 1. The number of carbonyl (C=O) groups is 1. The fourth-order valence-corrected chi connectivity index (χ4v) is 4.91. The Kier molecular flexibility index (Phi) is 3.78. The summed E-state index contributed by atoms with van der Waals surface area (Å²) < 4.78 is 0. The summed E-state index contributed by atoms with van der Waals surface area (Å²) in [4.78, 5) is 13.1. The van der Waals surface area contributed by atoms with Crippen molar-refractivity contribution in [3.63, 3.8) is 0 Å². The van der Waals surface area contributed by atoms with Gasteiger partial charge in [0.1, 0.15) is 0 Å². The van der Waals surface area contributed by atoms with E-state index in [1.165, 1.54) is 16.8 Å². The third-order valence-electron chi connectivity index (χ3n) is 5.42. The van der Waals surface area contributed by atoms with Crippen molar-refractivity contribution in [2.24, 2.45) is 5.41 Å². The van der Waals surface area contributed by atoms with Gasteiger partial charge in [-0.2, -0.15) is 5.10 Å². The first kappa shape index (κ1) is 15.5. The topological polar surface area (TPSA) is 45.8 Å². The molecule has 0 saturated carbocycles. The fourth-order valence-electron chi connectivity index (χ4n) is 4.91. The summed E-state index contributed by atoms with van der Waals surface area (Å²) >= 11 is 0. The van der Waals surface area contributed by atoms with Gasteiger partial charge < -0.3 is 0 Å². The van der Waals surface area contributed by atoms with Crippen molar-refractivity contribution in [2.45, 2.75) is 78.1 Å². The number of aromatic nitrogens is 2. The van der Waals surface area contributed by atoms with E-state index in [9.17, 15) is 4.79 Å². The maximum Gasteiger partial charge on any atom is 0.160 e. The van der Waals surface area contributed by atoms with E-state index >= 15 is 0 Å². The van der Waals surface area contributed by atoms with E-state index in [0.717, 1.165) is 44.1 Å². The molecule has 1 aromatic rings. The number of hydrogen-bond donors (Lipinski definition) is 1. The Balaban J connectivity index is 2.20. The van der Waals surface area contributed by atoms with Gasteiger partial charge in [-0.1, -0.05) is 46.1 Å². The van der Waals surface area contributed by atoms with Gasteiger partial charge in [-0.25, -0.2) is 0 Å². The van der Waals surface area contributed by atoms with Crippen LogP contribution >= 0.6 is 0 Å². The summed E-state index contributed by atoms with van der Waals surface area (Å²) in [6.45, 7) is 8.89. The molecule has 0 bridgehead atoms. The molecule has 0 radical (unpaired) electrons. The van der Waals surface area contributed by atoms with E-state index in [0.29, 0.717) is 12.2 Å². The highest BCUT2D eigenvalue weighted by molar-refractivity contribution is 6.00. The smallest absolute Gasteiger partial charge is 0.160 e. The van der Waals surface area contributed by atoms with E-state index in [1.807, 2.05) is 6.20 Å². The van der Waals surface area contributed by atoms with Gasteiger partial charge >= 0.3 is 0 Å². The van der Waals surface area contributed by atoms with Gasteiger partial charge in [0.05, 0.1) is 6.20 Å². The lowest BCUT2D eigenvalue weighted by molar-refractivity contribution is -0.119. The lowest BCUT2D eigenvalue weighted by Gasteiger charge is -2.45. The second kappa shape index (κ2) is 5.36. The van der Waals surface area contributed by atoms with E-state index in [-0.39, 0.29) is 10.8 Å². The number of carbonyl (C=O) groups excluding carboxylic acids is 1. The Morgan fingerprint density at radius 2 is 1.86 bits per heavy atom. The number of ketones is 1. The molecule has 3 heteroatoms. The van der Waals surface area contributed by atoms with Crippen LogP contribution in [0.25, 0.3) is 0 Å². The quantitative estimate of drug-likeness (QED) is 0.890. The fraction of sp³-hybridized carbons (Fsp3) is 0.684. The summed E-state index contributed by atoms with van der Waals surface area (Å²) in [5.41, 5.74) is 5.07. The van der Waals surface area contributed by atoms with Crippen molar-refractivity contribution in [3.8, 4) is 0 Å². The Morgan fingerprint density at radius 3 is 2.50 bits per heavy atom. The van der Waals surface area contributed by atoms with Crippen molar-refractivity contribution < 1.29 is 4.79 Å². The summed E-state index contributed by atoms with van der Waals surface area (Å²) in [7, 11) is 0. The monoisotopic (exact) mass is 300 g/mol. The number of rotatable bonds is 4. The van der Waals surface area contributed by atoms with Crippen LogP contribution in [0.5, 0.6) is 0 Å². The van der Waals surface area contributed by atoms with Gasteiger partial charge in [-0.05, 0) is 24.7 Å². The van der Waals surface area contributed by atoms with Gasteiger partial charge in [0, 0.05) is 35.1 Å². The molecular formula is C19H28N2O. The second-order valence-corrected chi connectivity index (χ2v) is 7.94.